The third-order valence-corrected chi connectivity index (χ3v) is 4.44. The zero-order valence-electron chi connectivity index (χ0n) is 11.4. The first kappa shape index (κ1) is 16.2. The van der Waals surface area contributed by atoms with Crippen molar-refractivity contribution in [2.75, 3.05) is 0 Å². The molecule has 0 spiro atoms. The van der Waals surface area contributed by atoms with Crippen molar-refractivity contribution >= 4 is 40.1 Å². The third-order valence-electron chi connectivity index (χ3n) is 2.88. The molecule has 0 saturated carbocycles. The van der Waals surface area contributed by atoms with E-state index in [2.05, 4.69) is 0 Å². The van der Waals surface area contributed by atoms with Gasteiger partial charge in [0.25, 0.3) is 0 Å². The number of hydrogen-bond donors (Lipinski definition) is 2. The zero-order chi connectivity index (χ0) is 16.1. The molecule has 22 heavy (non-hydrogen) atoms. The van der Waals surface area contributed by atoms with Crippen LogP contribution in [0.1, 0.15) is 31.8 Å². The van der Waals surface area contributed by atoms with Gasteiger partial charge in [0.05, 0.1) is 15.3 Å². The summed E-state index contributed by atoms with van der Waals surface area (Å²) >= 11 is 6.66. The summed E-state index contributed by atoms with van der Waals surface area (Å²) in [4.78, 5) is 22.2. The Balaban J connectivity index is 2.21. The molecule has 6 heteroatoms. The first-order valence-corrected chi connectivity index (χ1v) is 7.69. The lowest BCUT2D eigenvalue weighted by Crippen LogP contribution is -2.06. The molecule has 0 aliphatic carbocycles. The van der Waals surface area contributed by atoms with E-state index in [-0.39, 0.29) is 11.1 Å². The maximum atomic E-state index is 11.1. The van der Waals surface area contributed by atoms with E-state index in [9.17, 15) is 9.59 Å². The first-order chi connectivity index (χ1) is 10.5. The topological polar surface area (TPSA) is 74.6 Å². The van der Waals surface area contributed by atoms with Gasteiger partial charge in [0, 0.05) is 11.3 Å². The van der Waals surface area contributed by atoms with Crippen molar-refractivity contribution in [3.8, 4) is 0 Å². The van der Waals surface area contributed by atoms with Crippen LogP contribution in [0.25, 0.3) is 0 Å². The second-order valence-electron chi connectivity index (χ2n) is 4.47. The summed E-state index contributed by atoms with van der Waals surface area (Å²) in [6.07, 6.45) is 0. The van der Waals surface area contributed by atoms with Gasteiger partial charge in [-0.3, -0.25) is 0 Å². The van der Waals surface area contributed by atoms with Crippen molar-refractivity contribution in [1.29, 1.82) is 0 Å². The molecule has 0 aromatic heterocycles. The van der Waals surface area contributed by atoms with Crippen LogP contribution in [0.15, 0.2) is 48.5 Å². The molecular formula is C16H12O4S2. The van der Waals surface area contributed by atoms with Crippen molar-refractivity contribution < 1.29 is 19.8 Å². The second kappa shape index (κ2) is 7.20. The fraction of sp³-hybridized carbons (Fsp3) is 0.0625. The standard InChI is InChI=1S/C16H12O4S2/c17-14(18)11-6-12(15(19)20)8-13(7-11)16(21)22-9-10-4-2-1-3-5-10/h1-8H,9H2,(H,17,18)(H,19,20). The molecule has 112 valence electrons. The van der Waals surface area contributed by atoms with E-state index < -0.39 is 11.9 Å². The summed E-state index contributed by atoms with van der Waals surface area (Å²) in [7, 11) is 0. The molecule has 0 heterocycles. The van der Waals surface area contributed by atoms with Crippen LogP contribution in [0.2, 0.25) is 0 Å². The van der Waals surface area contributed by atoms with Gasteiger partial charge in [0.2, 0.25) is 0 Å². The van der Waals surface area contributed by atoms with Gasteiger partial charge in [-0.15, -0.1) is 11.8 Å². The number of hydrogen-bond acceptors (Lipinski definition) is 4. The molecule has 0 aliphatic rings. The molecule has 2 rings (SSSR count). The average Bonchev–Trinajstić information content (AvgIpc) is 2.53. The van der Waals surface area contributed by atoms with Crippen LogP contribution in [0.5, 0.6) is 0 Å². The predicted octanol–water partition coefficient (Wildman–Crippen LogP) is 3.69. The summed E-state index contributed by atoms with van der Waals surface area (Å²) < 4.78 is 0.467. The minimum atomic E-state index is -1.18. The molecule has 0 amide bonds. The molecule has 0 fully saturated rings. The van der Waals surface area contributed by atoms with Gasteiger partial charge >= 0.3 is 11.9 Å². The quantitative estimate of drug-likeness (QED) is 0.813. The lowest BCUT2D eigenvalue weighted by atomic mass is 10.1. The number of benzene rings is 2. The van der Waals surface area contributed by atoms with Crippen molar-refractivity contribution in [2.45, 2.75) is 5.75 Å². The molecule has 0 aliphatic heterocycles. The van der Waals surface area contributed by atoms with E-state index in [4.69, 9.17) is 22.4 Å². The van der Waals surface area contributed by atoms with Crippen molar-refractivity contribution in [3.05, 3.63) is 70.8 Å². The van der Waals surface area contributed by atoms with Crippen LogP contribution < -0.4 is 0 Å². The maximum absolute atomic E-state index is 11.1. The summed E-state index contributed by atoms with van der Waals surface area (Å²) in [5, 5.41) is 18.1. The molecule has 0 radical (unpaired) electrons. The molecular weight excluding hydrogens is 320 g/mol. The van der Waals surface area contributed by atoms with Gasteiger partial charge in [-0.05, 0) is 23.8 Å². The number of thiocarbonyl (C=S) groups is 1. The Labute approximate surface area is 136 Å². The van der Waals surface area contributed by atoms with Gasteiger partial charge in [-0.25, -0.2) is 9.59 Å². The molecule has 4 nitrogen and oxygen atoms in total. The van der Waals surface area contributed by atoms with Gasteiger partial charge in [0.15, 0.2) is 0 Å². The SMILES string of the molecule is O=C(O)c1cc(C(=O)O)cc(C(=S)SCc2ccccc2)c1. The molecule has 2 aromatic rings. The molecule has 0 unspecified atom stereocenters. The molecule has 0 saturated heterocycles. The number of carbonyl (C=O) groups is 2. The lowest BCUT2D eigenvalue weighted by molar-refractivity contribution is 0.0696. The Morgan fingerprint density at radius 3 is 1.91 bits per heavy atom. The minimum Gasteiger partial charge on any atom is -0.478 e. The average molecular weight is 332 g/mol. The highest BCUT2D eigenvalue weighted by Crippen LogP contribution is 2.21. The van der Waals surface area contributed by atoms with Crippen LogP contribution in [0, 0.1) is 0 Å². The van der Waals surface area contributed by atoms with E-state index in [1.54, 1.807) is 0 Å². The van der Waals surface area contributed by atoms with E-state index in [1.165, 1.54) is 23.9 Å². The predicted molar refractivity (Wildman–Crippen MR) is 89.8 cm³/mol. The van der Waals surface area contributed by atoms with Crippen LogP contribution in [-0.2, 0) is 5.75 Å². The van der Waals surface area contributed by atoms with Crippen LogP contribution in [0.3, 0.4) is 0 Å². The Bertz CT molecular complexity index is 694. The highest BCUT2D eigenvalue weighted by atomic mass is 32.2. The van der Waals surface area contributed by atoms with E-state index in [0.29, 0.717) is 15.5 Å². The normalized spacial score (nSPS) is 10.2. The number of rotatable bonds is 5. The minimum absolute atomic E-state index is 0.0856. The van der Waals surface area contributed by atoms with E-state index in [1.807, 2.05) is 30.3 Å². The largest absolute Gasteiger partial charge is 0.478 e. The van der Waals surface area contributed by atoms with Gasteiger partial charge in [0.1, 0.15) is 0 Å². The Morgan fingerprint density at radius 2 is 1.41 bits per heavy atom. The van der Waals surface area contributed by atoms with Crippen molar-refractivity contribution in [3.63, 3.8) is 0 Å². The number of thioether (sulfide) groups is 1. The van der Waals surface area contributed by atoms with Gasteiger partial charge < -0.3 is 10.2 Å². The zero-order valence-corrected chi connectivity index (χ0v) is 13.0. The first-order valence-electron chi connectivity index (χ1n) is 6.30. The fourth-order valence-corrected chi connectivity index (χ4v) is 2.87. The molecule has 2 N–H and O–H groups in total. The van der Waals surface area contributed by atoms with E-state index in [0.717, 1.165) is 11.6 Å². The summed E-state index contributed by atoms with van der Waals surface area (Å²) in [5.41, 5.74) is 1.35. The van der Waals surface area contributed by atoms with Gasteiger partial charge in [-0.1, -0.05) is 42.5 Å². The summed E-state index contributed by atoms with van der Waals surface area (Å²) in [5.74, 6) is -1.72. The summed E-state index contributed by atoms with van der Waals surface area (Å²) in [6.45, 7) is 0. The Hall–Kier alpha value is -2.18. The molecule has 2 aromatic carbocycles. The van der Waals surface area contributed by atoms with Gasteiger partial charge in [-0.2, -0.15) is 0 Å². The smallest absolute Gasteiger partial charge is 0.335 e. The third kappa shape index (κ3) is 4.16. The summed E-state index contributed by atoms with van der Waals surface area (Å²) in [6, 6.07) is 13.6. The van der Waals surface area contributed by atoms with Crippen LogP contribution in [-0.4, -0.2) is 26.3 Å². The van der Waals surface area contributed by atoms with Crippen LogP contribution >= 0.6 is 24.0 Å². The monoisotopic (exact) mass is 332 g/mol. The van der Waals surface area contributed by atoms with Crippen molar-refractivity contribution in [2.24, 2.45) is 0 Å². The highest BCUT2D eigenvalue weighted by Gasteiger charge is 2.14. The van der Waals surface area contributed by atoms with Crippen LogP contribution in [0.4, 0.5) is 0 Å². The highest BCUT2D eigenvalue weighted by molar-refractivity contribution is 8.23. The van der Waals surface area contributed by atoms with Crippen molar-refractivity contribution in [1.82, 2.24) is 0 Å². The maximum Gasteiger partial charge on any atom is 0.335 e. The fourth-order valence-electron chi connectivity index (χ4n) is 1.80. The Morgan fingerprint density at radius 1 is 0.909 bits per heavy atom. The van der Waals surface area contributed by atoms with E-state index >= 15 is 0 Å². The second-order valence-corrected chi connectivity index (χ2v) is 6.12. The number of carboxylic acids is 2. The molecule has 0 atom stereocenters. The lowest BCUT2D eigenvalue weighted by Gasteiger charge is -2.07. The Kier molecular flexibility index (Phi) is 5.30. The number of aromatic carboxylic acids is 2. The number of carboxylic acid groups (broad SMARTS) is 2. The molecule has 0 bridgehead atoms.